The molecule has 9 nitrogen and oxygen atoms in total. The fourth-order valence-corrected chi connectivity index (χ4v) is 5.37. The maximum absolute atomic E-state index is 12.5. The Morgan fingerprint density at radius 3 is 2.67 bits per heavy atom. The van der Waals surface area contributed by atoms with E-state index in [4.69, 9.17) is 0 Å². The van der Waals surface area contributed by atoms with Crippen LogP contribution in [-0.2, 0) is 16.6 Å². The third-order valence-corrected chi connectivity index (χ3v) is 7.22. The molecule has 10 heteroatoms. The second kappa shape index (κ2) is 8.65. The van der Waals surface area contributed by atoms with Crippen LogP contribution >= 0.6 is 0 Å². The number of anilines is 1. The molecule has 30 heavy (non-hydrogen) atoms. The minimum atomic E-state index is -3.36. The number of aryl methyl sites for hydroxylation is 1. The summed E-state index contributed by atoms with van der Waals surface area (Å²) in [4.78, 5) is 22.6. The molecule has 0 amide bonds. The lowest BCUT2D eigenvalue weighted by Gasteiger charge is -2.34. The fraction of sp³-hybridized carbons (Fsp3) is 0.500. The van der Waals surface area contributed by atoms with Crippen LogP contribution in [0.1, 0.15) is 37.1 Å². The molecule has 160 valence electrons. The quantitative estimate of drug-likeness (QED) is 0.591. The molecule has 1 fully saturated rings. The van der Waals surface area contributed by atoms with Crippen LogP contribution in [0.4, 0.5) is 5.95 Å². The molecule has 1 aliphatic carbocycles. The van der Waals surface area contributed by atoms with Gasteiger partial charge in [-0.2, -0.15) is 4.98 Å². The zero-order valence-electron chi connectivity index (χ0n) is 17.2. The summed E-state index contributed by atoms with van der Waals surface area (Å²) in [5.74, 6) is 0.998. The van der Waals surface area contributed by atoms with Gasteiger partial charge in [0, 0.05) is 37.1 Å². The van der Waals surface area contributed by atoms with Gasteiger partial charge in [0.15, 0.2) is 0 Å². The Morgan fingerprint density at radius 1 is 1.13 bits per heavy atom. The molecule has 4 rings (SSSR count). The predicted octanol–water partition coefficient (Wildman–Crippen LogP) is 2.17. The van der Waals surface area contributed by atoms with E-state index in [1.54, 1.807) is 12.4 Å². The minimum Gasteiger partial charge on any atom is -0.346 e. The summed E-state index contributed by atoms with van der Waals surface area (Å²) in [6, 6.07) is 2.26. The second-order valence-electron chi connectivity index (χ2n) is 7.99. The molecule has 0 unspecified atom stereocenters. The maximum atomic E-state index is 12.5. The Bertz CT molecular complexity index is 1090. The molecular weight excluding hydrogens is 402 g/mol. The molecule has 0 aromatic carbocycles. The van der Waals surface area contributed by atoms with Gasteiger partial charge in [0.25, 0.3) is 0 Å². The summed E-state index contributed by atoms with van der Waals surface area (Å²) in [7, 11) is -1.35. The van der Waals surface area contributed by atoms with Gasteiger partial charge in [-0.1, -0.05) is 0 Å². The average molecular weight is 430 g/mol. The summed E-state index contributed by atoms with van der Waals surface area (Å²) in [6.07, 6.45) is 10.5. The van der Waals surface area contributed by atoms with Crippen molar-refractivity contribution in [1.82, 2.24) is 29.6 Å². The van der Waals surface area contributed by atoms with Gasteiger partial charge >= 0.3 is 0 Å². The van der Waals surface area contributed by atoms with E-state index in [2.05, 4.69) is 34.5 Å². The van der Waals surface area contributed by atoms with Gasteiger partial charge < -0.3 is 9.88 Å². The van der Waals surface area contributed by atoms with Crippen LogP contribution < -0.4 is 9.62 Å². The predicted molar refractivity (Wildman–Crippen MR) is 115 cm³/mol. The number of aromatic nitrogens is 5. The van der Waals surface area contributed by atoms with Crippen LogP contribution in [-0.4, -0.2) is 52.2 Å². The molecule has 0 spiro atoms. The lowest BCUT2D eigenvalue weighted by Crippen LogP contribution is -2.38. The van der Waals surface area contributed by atoms with E-state index in [0.29, 0.717) is 17.7 Å². The lowest BCUT2D eigenvalue weighted by atomic mass is 9.87. The first-order valence-electron chi connectivity index (χ1n) is 10.2. The van der Waals surface area contributed by atoms with Crippen LogP contribution in [0.15, 0.2) is 30.9 Å². The summed E-state index contributed by atoms with van der Waals surface area (Å²) >= 11 is 0. The summed E-state index contributed by atoms with van der Waals surface area (Å²) in [5, 5.41) is 0.991. The highest BCUT2D eigenvalue weighted by Crippen LogP contribution is 2.29. The van der Waals surface area contributed by atoms with E-state index in [1.165, 1.54) is 0 Å². The number of H-pyrrole nitrogens is 1. The molecule has 3 aromatic heterocycles. The molecule has 3 heterocycles. The molecule has 1 aliphatic rings. The highest BCUT2D eigenvalue weighted by Gasteiger charge is 2.28. The van der Waals surface area contributed by atoms with Gasteiger partial charge in [0.05, 0.1) is 29.9 Å². The fourth-order valence-electron chi connectivity index (χ4n) is 3.93. The Morgan fingerprint density at radius 2 is 1.93 bits per heavy atom. The van der Waals surface area contributed by atoms with Crippen molar-refractivity contribution in [1.29, 1.82) is 0 Å². The summed E-state index contributed by atoms with van der Waals surface area (Å²) in [6.45, 7) is 2.02. The normalized spacial score (nSPS) is 19.8. The first-order chi connectivity index (χ1) is 14.4. The number of nitrogens with one attached hydrogen (secondary N) is 2. The first-order valence-corrected chi connectivity index (χ1v) is 11.8. The van der Waals surface area contributed by atoms with Crippen LogP contribution in [0, 0.1) is 12.8 Å². The van der Waals surface area contributed by atoms with Crippen molar-refractivity contribution in [2.24, 2.45) is 5.92 Å². The lowest BCUT2D eigenvalue weighted by molar-refractivity contribution is 0.339. The van der Waals surface area contributed by atoms with E-state index in [9.17, 15) is 8.42 Å². The number of fused-ring (bicyclic) bond motifs is 1. The van der Waals surface area contributed by atoms with Crippen molar-refractivity contribution in [3.05, 3.63) is 42.2 Å². The van der Waals surface area contributed by atoms with Gasteiger partial charge in [-0.15, -0.1) is 0 Å². The highest BCUT2D eigenvalue weighted by atomic mass is 32.2. The van der Waals surface area contributed by atoms with Crippen molar-refractivity contribution in [3.63, 3.8) is 0 Å². The van der Waals surface area contributed by atoms with Crippen LogP contribution in [0.25, 0.3) is 11.0 Å². The van der Waals surface area contributed by atoms with Gasteiger partial charge in [-0.05, 0) is 44.6 Å². The molecule has 0 bridgehead atoms. The van der Waals surface area contributed by atoms with E-state index in [-0.39, 0.29) is 18.2 Å². The first kappa shape index (κ1) is 20.7. The van der Waals surface area contributed by atoms with E-state index < -0.39 is 10.0 Å². The van der Waals surface area contributed by atoms with Crippen LogP contribution in [0.2, 0.25) is 0 Å². The smallest absolute Gasteiger partial charge is 0.227 e. The van der Waals surface area contributed by atoms with Crippen molar-refractivity contribution in [3.8, 4) is 0 Å². The van der Waals surface area contributed by atoms with Crippen molar-refractivity contribution in [2.75, 3.05) is 17.7 Å². The Labute approximate surface area is 176 Å². The van der Waals surface area contributed by atoms with Crippen LogP contribution in [0.5, 0.6) is 0 Å². The number of hydrogen-bond acceptors (Lipinski definition) is 7. The van der Waals surface area contributed by atoms with Gasteiger partial charge in [-0.3, -0.25) is 9.97 Å². The zero-order valence-corrected chi connectivity index (χ0v) is 18.1. The van der Waals surface area contributed by atoms with Gasteiger partial charge in [0.1, 0.15) is 5.65 Å². The topological polar surface area (TPSA) is 117 Å². The second-order valence-corrected chi connectivity index (χ2v) is 9.84. The van der Waals surface area contributed by atoms with Crippen LogP contribution in [0.3, 0.4) is 0 Å². The molecule has 0 saturated heterocycles. The third kappa shape index (κ3) is 4.93. The van der Waals surface area contributed by atoms with E-state index in [0.717, 1.165) is 42.4 Å². The van der Waals surface area contributed by atoms with E-state index in [1.807, 2.05) is 32.4 Å². The Hall–Kier alpha value is -2.59. The molecule has 0 atom stereocenters. The Kier molecular flexibility index (Phi) is 5.96. The molecule has 0 radical (unpaired) electrons. The molecule has 1 saturated carbocycles. The minimum absolute atomic E-state index is 0.146. The molecule has 3 aromatic rings. The maximum Gasteiger partial charge on any atom is 0.227 e. The molecule has 2 N–H and O–H groups in total. The number of nitrogens with zero attached hydrogens (tertiary/aromatic N) is 5. The molecular formula is C20H27N7O2S. The number of sulfonamides is 1. The highest BCUT2D eigenvalue weighted by molar-refractivity contribution is 7.89. The number of hydrogen-bond donors (Lipinski definition) is 2. The number of rotatable bonds is 7. The standard InChI is InChI=1S/C20H27N7O2S/c1-14-9-23-17(11-22-14)12-25-30(28,29)13-15-3-5-18(6-4-15)27(2)20-24-10-16-7-8-21-19(16)26-20/h7-11,15,18,25H,3-6,12-13H2,1-2H3,(H,21,24,26). The Balaban J connectivity index is 1.28. The third-order valence-electron chi connectivity index (χ3n) is 5.73. The van der Waals surface area contributed by atoms with Crippen molar-refractivity contribution >= 4 is 27.0 Å². The summed E-state index contributed by atoms with van der Waals surface area (Å²) in [5.41, 5.74) is 2.26. The van der Waals surface area contributed by atoms with Gasteiger partial charge in [-0.25, -0.2) is 18.1 Å². The van der Waals surface area contributed by atoms with Gasteiger partial charge in [0.2, 0.25) is 16.0 Å². The largest absolute Gasteiger partial charge is 0.346 e. The average Bonchev–Trinajstić information content (AvgIpc) is 3.21. The monoisotopic (exact) mass is 429 g/mol. The van der Waals surface area contributed by atoms with E-state index >= 15 is 0 Å². The van der Waals surface area contributed by atoms with Crippen molar-refractivity contribution in [2.45, 2.75) is 45.2 Å². The number of aromatic amines is 1. The SMILES string of the molecule is Cc1cnc(CNS(=O)(=O)CC2CCC(N(C)c3ncc4cc[nH]c4n3)CC2)cn1. The van der Waals surface area contributed by atoms with Crippen molar-refractivity contribution < 1.29 is 8.42 Å². The molecule has 0 aliphatic heterocycles. The summed E-state index contributed by atoms with van der Waals surface area (Å²) < 4.78 is 27.6. The zero-order chi connectivity index (χ0) is 21.1.